The Morgan fingerprint density at radius 2 is 1.85 bits per heavy atom. The lowest BCUT2D eigenvalue weighted by Crippen LogP contribution is -2.32. The summed E-state index contributed by atoms with van der Waals surface area (Å²) in [6.07, 6.45) is 5.53. The number of anilines is 3. The number of rotatable bonds is 7. The van der Waals surface area contributed by atoms with Crippen LogP contribution in [0.4, 0.5) is 17.3 Å². The molecule has 1 aromatic heterocycles. The average molecular weight is 369 g/mol. The Morgan fingerprint density at radius 1 is 1.19 bits per heavy atom. The van der Waals surface area contributed by atoms with Gasteiger partial charge in [0.2, 0.25) is 5.95 Å². The Kier molecular flexibility index (Phi) is 6.59. The van der Waals surface area contributed by atoms with E-state index >= 15 is 0 Å². The van der Waals surface area contributed by atoms with Crippen LogP contribution in [0.25, 0.3) is 0 Å². The number of hydrogen-bond acceptors (Lipinski definition) is 6. The van der Waals surface area contributed by atoms with Gasteiger partial charge in [0.05, 0.1) is 12.2 Å². The van der Waals surface area contributed by atoms with Crippen molar-refractivity contribution in [3.8, 4) is 0 Å². The molecule has 2 N–H and O–H groups in total. The van der Waals surface area contributed by atoms with Crippen LogP contribution in [0.2, 0.25) is 0 Å². The molecular weight excluding hydrogens is 342 g/mol. The van der Waals surface area contributed by atoms with Crippen LogP contribution in [0, 0.1) is 5.92 Å². The van der Waals surface area contributed by atoms with Gasteiger partial charge in [-0.15, -0.1) is 0 Å². The number of carbonyl (C=O) groups is 1. The highest BCUT2D eigenvalue weighted by atomic mass is 16.5. The third-order valence-corrected chi connectivity index (χ3v) is 4.78. The van der Waals surface area contributed by atoms with Crippen LogP contribution < -0.4 is 15.5 Å². The molecule has 0 atom stereocenters. The van der Waals surface area contributed by atoms with E-state index < -0.39 is 0 Å². The maximum atomic E-state index is 11.9. The summed E-state index contributed by atoms with van der Waals surface area (Å²) in [5.74, 6) is 1.08. The summed E-state index contributed by atoms with van der Waals surface area (Å²) in [5, 5.41) is 5.91. The predicted octanol–water partition coefficient (Wildman–Crippen LogP) is 2.83. The molecule has 2 heterocycles. The molecule has 0 aliphatic carbocycles. The summed E-state index contributed by atoms with van der Waals surface area (Å²) >= 11 is 0. The van der Waals surface area contributed by atoms with E-state index in [2.05, 4.69) is 44.6 Å². The predicted molar refractivity (Wildman–Crippen MR) is 107 cm³/mol. The van der Waals surface area contributed by atoms with Gasteiger partial charge in [0, 0.05) is 50.5 Å². The number of methoxy groups -OCH3 is 1. The Labute approximate surface area is 160 Å². The lowest BCUT2D eigenvalue weighted by molar-refractivity contribution is 0.0936. The smallest absolute Gasteiger partial charge is 0.254 e. The maximum Gasteiger partial charge on any atom is 0.254 e. The first-order valence-corrected chi connectivity index (χ1v) is 9.37. The molecule has 0 saturated carbocycles. The zero-order valence-corrected chi connectivity index (χ0v) is 15.9. The zero-order valence-electron chi connectivity index (χ0n) is 15.9. The third-order valence-electron chi connectivity index (χ3n) is 4.78. The zero-order chi connectivity index (χ0) is 19.1. The number of piperidine rings is 1. The molecule has 3 rings (SSSR count). The quantitative estimate of drug-likeness (QED) is 0.731. The molecule has 1 aliphatic heterocycles. The molecule has 0 unspecified atom stereocenters. The number of ether oxygens (including phenoxy) is 1. The number of amides is 1. The average Bonchev–Trinajstić information content (AvgIpc) is 2.70. The molecule has 1 aromatic carbocycles. The first kappa shape index (κ1) is 19.1. The number of carbonyl (C=O) groups excluding carboxylic acids is 1. The summed E-state index contributed by atoms with van der Waals surface area (Å²) in [4.78, 5) is 22.8. The van der Waals surface area contributed by atoms with Crippen LogP contribution in [0.15, 0.2) is 36.7 Å². The minimum Gasteiger partial charge on any atom is -0.383 e. The van der Waals surface area contributed by atoms with E-state index in [1.54, 1.807) is 7.11 Å². The monoisotopic (exact) mass is 369 g/mol. The summed E-state index contributed by atoms with van der Waals surface area (Å²) in [5.41, 5.74) is 2.59. The van der Waals surface area contributed by atoms with Gasteiger partial charge in [0.1, 0.15) is 0 Å². The summed E-state index contributed by atoms with van der Waals surface area (Å²) < 4.78 is 4.91. The van der Waals surface area contributed by atoms with Crippen molar-refractivity contribution in [3.63, 3.8) is 0 Å². The van der Waals surface area contributed by atoms with Crippen molar-refractivity contribution in [1.29, 1.82) is 0 Å². The molecule has 1 fully saturated rings. The Morgan fingerprint density at radius 3 is 2.48 bits per heavy atom. The van der Waals surface area contributed by atoms with Crippen LogP contribution in [0.3, 0.4) is 0 Å². The van der Waals surface area contributed by atoms with E-state index in [-0.39, 0.29) is 5.91 Å². The van der Waals surface area contributed by atoms with Gasteiger partial charge in [0.15, 0.2) is 0 Å². The van der Waals surface area contributed by atoms with Crippen LogP contribution >= 0.6 is 0 Å². The van der Waals surface area contributed by atoms with Crippen molar-refractivity contribution < 1.29 is 9.53 Å². The second kappa shape index (κ2) is 9.32. The van der Waals surface area contributed by atoms with Gasteiger partial charge in [-0.1, -0.05) is 6.92 Å². The van der Waals surface area contributed by atoms with Crippen LogP contribution in [-0.4, -0.2) is 49.2 Å². The number of nitrogens with zero attached hydrogens (tertiary/aromatic N) is 3. The highest BCUT2D eigenvalue weighted by molar-refractivity contribution is 5.93. The molecule has 144 valence electrons. The van der Waals surface area contributed by atoms with E-state index in [4.69, 9.17) is 4.74 Å². The van der Waals surface area contributed by atoms with Crippen molar-refractivity contribution in [3.05, 3.63) is 42.2 Å². The Balaban J connectivity index is 1.55. The Hall–Kier alpha value is -2.67. The number of hydrogen-bond donors (Lipinski definition) is 2. The number of nitrogens with one attached hydrogen (secondary N) is 2. The van der Waals surface area contributed by atoms with Gasteiger partial charge in [-0.05, 0) is 43.0 Å². The van der Waals surface area contributed by atoms with Crippen molar-refractivity contribution in [1.82, 2.24) is 15.3 Å². The number of benzene rings is 1. The van der Waals surface area contributed by atoms with Crippen LogP contribution in [-0.2, 0) is 4.74 Å². The van der Waals surface area contributed by atoms with Gasteiger partial charge in [-0.3, -0.25) is 4.79 Å². The topological polar surface area (TPSA) is 79.4 Å². The highest BCUT2D eigenvalue weighted by Crippen LogP contribution is 2.24. The van der Waals surface area contributed by atoms with Crippen molar-refractivity contribution in [2.24, 2.45) is 5.92 Å². The SMILES string of the molecule is COCCNC(=O)c1cnc(Nc2ccc(N3CCC(C)CC3)cc2)nc1. The number of aromatic nitrogens is 2. The molecule has 0 radical (unpaired) electrons. The Bertz CT molecular complexity index is 725. The van der Waals surface area contributed by atoms with Crippen LogP contribution in [0.1, 0.15) is 30.1 Å². The fourth-order valence-electron chi connectivity index (χ4n) is 3.03. The standard InChI is InChI=1S/C20H27N5O2/c1-15-7-10-25(11-8-15)18-5-3-17(4-6-18)24-20-22-13-16(14-23-20)19(26)21-9-12-27-2/h3-6,13-15H,7-12H2,1-2H3,(H,21,26)(H,22,23,24). The molecule has 27 heavy (non-hydrogen) atoms. The van der Waals surface area contributed by atoms with Gasteiger partial charge in [-0.25, -0.2) is 9.97 Å². The molecule has 2 aromatic rings. The first-order chi connectivity index (χ1) is 13.2. The van der Waals surface area contributed by atoms with Crippen molar-refractivity contribution in [2.75, 3.05) is 43.6 Å². The van der Waals surface area contributed by atoms with Gasteiger partial charge in [-0.2, -0.15) is 0 Å². The molecule has 1 amide bonds. The van der Waals surface area contributed by atoms with E-state index in [9.17, 15) is 4.79 Å². The summed E-state index contributed by atoms with van der Waals surface area (Å²) in [7, 11) is 1.59. The van der Waals surface area contributed by atoms with Gasteiger partial charge in [0.25, 0.3) is 5.91 Å². The van der Waals surface area contributed by atoms with E-state index in [1.165, 1.54) is 30.9 Å². The molecule has 0 spiro atoms. The third kappa shape index (κ3) is 5.40. The highest BCUT2D eigenvalue weighted by Gasteiger charge is 2.15. The molecule has 1 aliphatic rings. The first-order valence-electron chi connectivity index (χ1n) is 9.37. The maximum absolute atomic E-state index is 11.9. The molecule has 7 heteroatoms. The fourth-order valence-corrected chi connectivity index (χ4v) is 3.03. The van der Waals surface area contributed by atoms with E-state index in [0.717, 1.165) is 24.7 Å². The van der Waals surface area contributed by atoms with Crippen molar-refractivity contribution in [2.45, 2.75) is 19.8 Å². The molecular formula is C20H27N5O2. The summed E-state index contributed by atoms with van der Waals surface area (Å²) in [6, 6.07) is 8.30. The van der Waals surface area contributed by atoms with Crippen LogP contribution in [0.5, 0.6) is 0 Å². The minimum absolute atomic E-state index is 0.209. The second-order valence-electron chi connectivity index (χ2n) is 6.89. The van der Waals surface area contributed by atoms with Gasteiger partial charge < -0.3 is 20.3 Å². The fraction of sp³-hybridized carbons (Fsp3) is 0.450. The van der Waals surface area contributed by atoms with Gasteiger partial charge >= 0.3 is 0 Å². The summed E-state index contributed by atoms with van der Waals surface area (Å²) in [6.45, 7) is 5.48. The van der Waals surface area contributed by atoms with Crippen molar-refractivity contribution >= 4 is 23.2 Å². The minimum atomic E-state index is -0.209. The molecule has 7 nitrogen and oxygen atoms in total. The lowest BCUT2D eigenvalue weighted by atomic mass is 9.99. The van der Waals surface area contributed by atoms with E-state index in [1.807, 2.05) is 12.1 Å². The largest absolute Gasteiger partial charge is 0.383 e. The lowest BCUT2D eigenvalue weighted by Gasteiger charge is -2.32. The van der Waals surface area contributed by atoms with E-state index in [0.29, 0.717) is 24.7 Å². The normalized spacial score (nSPS) is 14.8. The second-order valence-corrected chi connectivity index (χ2v) is 6.89. The molecule has 1 saturated heterocycles. The molecule has 0 bridgehead atoms.